The zero-order valence-electron chi connectivity index (χ0n) is 15.5. The first kappa shape index (κ1) is 17.8. The summed E-state index contributed by atoms with van der Waals surface area (Å²) >= 11 is 0. The molecular formula is C19H24N6O2. The van der Waals surface area contributed by atoms with Crippen molar-refractivity contribution >= 4 is 17.7 Å². The zero-order valence-corrected chi connectivity index (χ0v) is 15.5. The molecule has 0 aliphatic carbocycles. The standard InChI is InChI=1S/C19H24N6O2/c1-13-22-15(12-17(23-13)24-19-20-7-3-8-21-19)16-4-2-9-25(16)18(26)14-5-10-27-11-6-14/h3,7-8,12,14,16H,2,4-6,9-11H2,1H3,(H,20,21,22,23,24)/t16-/m1/s1. The lowest BCUT2D eigenvalue weighted by Crippen LogP contribution is -2.38. The Morgan fingerprint density at radius 3 is 2.74 bits per heavy atom. The second-order valence-electron chi connectivity index (χ2n) is 7.00. The van der Waals surface area contributed by atoms with E-state index in [-0.39, 0.29) is 17.9 Å². The van der Waals surface area contributed by atoms with Gasteiger partial charge in [0, 0.05) is 44.1 Å². The fourth-order valence-electron chi connectivity index (χ4n) is 3.82. The molecule has 0 bridgehead atoms. The highest BCUT2D eigenvalue weighted by molar-refractivity contribution is 5.79. The predicted molar refractivity (Wildman–Crippen MR) is 99.3 cm³/mol. The van der Waals surface area contributed by atoms with E-state index >= 15 is 0 Å². The van der Waals surface area contributed by atoms with Crippen molar-refractivity contribution in [1.29, 1.82) is 0 Å². The van der Waals surface area contributed by atoms with Gasteiger partial charge in [-0.25, -0.2) is 19.9 Å². The molecule has 2 aliphatic heterocycles. The van der Waals surface area contributed by atoms with Crippen LogP contribution in [0.3, 0.4) is 0 Å². The van der Waals surface area contributed by atoms with Gasteiger partial charge in [0.05, 0.1) is 11.7 Å². The van der Waals surface area contributed by atoms with E-state index in [1.54, 1.807) is 18.5 Å². The van der Waals surface area contributed by atoms with Gasteiger partial charge in [0.15, 0.2) is 0 Å². The molecule has 0 saturated carbocycles. The van der Waals surface area contributed by atoms with Crippen molar-refractivity contribution in [3.05, 3.63) is 36.0 Å². The van der Waals surface area contributed by atoms with Crippen molar-refractivity contribution in [2.75, 3.05) is 25.1 Å². The second-order valence-corrected chi connectivity index (χ2v) is 7.00. The number of hydrogen-bond donors (Lipinski definition) is 1. The number of aromatic nitrogens is 4. The number of nitrogens with zero attached hydrogens (tertiary/aromatic N) is 5. The number of rotatable bonds is 4. The molecule has 4 heterocycles. The van der Waals surface area contributed by atoms with Gasteiger partial charge in [0.25, 0.3) is 0 Å². The highest BCUT2D eigenvalue weighted by Crippen LogP contribution is 2.34. The number of carbonyl (C=O) groups excluding carboxylic acids is 1. The number of carbonyl (C=O) groups is 1. The highest BCUT2D eigenvalue weighted by Gasteiger charge is 2.35. The summed E-state index contributed by atoms with van der Waals surface area (Å²) in [5.41, 5.74) is 0.874. The molecule has 2 fully saturated rings. The molecular weight excluding hydrogens is 344 g/mol. The Balaban J connectivity index is 1.55. The fourth-order valence-corrected chi connectivity index (χ4v) is 3.82. The molecule has 2 aromatic heterocycles. The van der Waals surface area contributed by atoms with Gasteiger partial charge in [0.1, 0.15) is 11.6 Å². The van der Waals surface area contributed by atoms with Crippen LogP contribution in [0.25, 0.3) is 0 Å². The van der Waals surface area contributed by atoms with Crippen LogP contribution in [0.1, 0.15) is 43.2 Å². The molecule has 0 radical (unpaired) electrons. The maximum Gasteiger partial charge on any atom is 0.228 e. The maximum atomic E-state index is 13.0. The van der Waals surface area contributed by atoms with E-state index in [2.05, 4.69) is 25.3 Å². The molecule has 27 heavy (non-hydrogen) atoms. The van der Waals surface area contributed by atoms with Gasteiger partial charge in [0.2, 0.25) is 11.9 Å². The van der Waals surface area contributed by atoms with Crippen LogP contribution >= 0.6 is 0 Å². The largest absolute Gasteiger partial charge is 0.381 e. The molecule has 1 N–H and O–H groups in total. The molecule has 0 spiro atoms. The van der Waals surface area contributed by atoms with Crippen molar-refractivity contribution < 1.29 is 9.53 Å². The predicted octanol–water partition coefficient (Wildman–Crippen LogP) is 2.41. The number of nitrogens with one attached hydrogen (secondary N) is 1. The van der Waals surface area contributed by atoms with Crippen LogP contribution in [-0.2, 0) is 9.53 Å². The third-order valence-corrected chi connectivity index (χ3v) is 5.11. The Hall–Kier alpha value is -2.61. The molecule has 8 nitrogen and oxygen atoms in total. The molecule has 4 rings (SSSR count). The van der Waals surface area contributed by atoms with Crippen molar-refractivity contribution in [2.24, 2.45) is 5.92 Å². The topological polar surface area (TPSA) is 93.1 Å². The normalized spacial score (nSPS) is 20.6. The minimum absolute atomic E-state index is 0.000661. The first-order valence-electron chi connectivity index (χ1n) is 9.48. The Morgan fingerprint density at radius 1 is 1.19 bits per heavy atom. The van der Waals surface area contributed by atoms with Gasteiger partial charge in [-0.2, -0.15) is 0 Å². The number of ether oxygens (including phenoxy) is 1. The molecule has 142 valence electrons. The van der Waals surface area contributed by atoms with Crippen LogP contribution in [0.4, 0.5) is 11.8 Å². The van der Waals surface area contributed by atoms with Gasteiger partial charge in [-0.3, -0.25) is 4.79 Å². The van der Waals surface area contributed by atoms with Crippen LogP contribution in [0, 0.1) is 12.8 Å². The van der Waals surface area contributed by atoms with E-state index in [9.17, 15) is 4.79 Å². The van der Waals surface area contributed by atoms with E-state index < -0.39 is 0 Å². The molecule has 8 heteroatoms. The highest BCUT2D eigenvalue weighted by atomic mass is 16.5. The lowest BCUT2D eigenvalue weighted by Gasteiger charge is -2.30. The van der Waals surface area contributed by atoms with Crippen LogP contribution in [0.2, 0.25) is 0 Å². The monoisotopic (exact) mass is 368 g/mol. The van der Waals surface area contributed by atoms with E-state index in [1.165, 1.54) is 0 Å². The lowest BCUT2D eigenvalue weighted by molar-refractivity contribution is -0.139. The molecule has 1 atom stereocenters. The SMILES string of the molecule is Cc1nc(Nc2ncccn2)cc([C@H]2CCCN2C(=O)C2CCOCC2)n1. The number of aryl methyl sites for hydroxylation is 1. The van der Waals surface area contributed by atoms with E-state index in [1.807, 2.05) is 17.9 Å². The summed E-state index contributed by atoms with van der Waals surface area (Å²) in [4.78, 5) is 32.5. The zero-order chi connectivity index (χ0) is 18.6. The quantitative estimate of drug-likeness (QED) is 0.886. The number of amides is 1. The molecule has 2 aliphatic rings. The van der Waals surface area contributed by atoms with Crippen LogP contribution in [-0.4, -0.2) is 50.5 Å². The van der Waals surface area contributed by atoms with Crippen LogP contribution in [0.5, 0.6) is 0 Å². The Morgan fingerprint density at radius 2 is 1.96 bits per heavy atom. The van der Waals surface area contributed by atoms with Gasteiger partial charge < -0.3 is 15.0 Å². The van der Waals surface area contributed by atoms with Gasteiger partial charge in [-0.1, -0.05) is 0 Å². The summed E-state index contributed by atoms with van der Waals surface area (Å²) in [5.74, 6) is 2.10. The minimum Gasteiger partial charge on any atom is -0.381 e. The first-order valence-corrected chi connectivity index (χ1v) is 9.48. The van der Waals surface area contributed by atoms with Crippen molar-refractivity contribution in [2.45, 2.75) is 38.6 Å². The van der Waals surface area contributed by atoms with E-state index in [4.69, 9.17) is 4.74 Å². The summed E-state index contributed by atoms with van der Waals surface area (Å²) in [6.07, 6.45) is 6.89. The fraction of sp³-hybridized carbons (Fsp3) is 0.526. The average molecular weight is 368 g/mol. The minimum atomic E-state index is -0.000661. The number of hydrogen-bond acceptors (Lipinski definition) is 7. The maximum absolute atomic E-state index is 13.0. The molecule has 1 amide bonds. The molecule has 0 unspecified atom stereocenters. The average Bonchev–Trinajstić information content (AvgIpc) is 3.18. The molecule has 2 saturated heterocycles. The van der Waals surface area contributed by atoms with Crippen molar-refractivity contribution in [1.82, 2.24) is 24.8 Å². The molecule has 2 aromatic rings. The summed E-state index contributed by atoms with van der Waals surface area (Å²) in [5, 5.41) is 3.12. The lowest BCUT2D eigenvalue weighted by atomic mass is 9.98. The third-order valence-electron chi connectivity index (χ3n) is 5.11. The third kappa shape index (κ3) is 4.05. The van der Waals surface area contributed by atoms with Gasteiger partial charge >= 0.3 is 0 Å². The summed E-state index contributed by atoms with van der Waals surface area (Å²) in [6.45, 7) is 3.99. The second kappa shape index (κ2) is 7.96. The van der Waals surface area contributed by atoms with Crippen LogP contribution < -0.4 is 5.32 Å². The van der Waals surface area contributed by atoms with E-state index in [0.29, 0.717) is 30.8 Å². The number of likely N-dealkylation sites (tertiary alicyclic amines) is 1. The summed E-state index contributed by atoms with van der Waals surface area (Å²) in [6, 6.07) is 3.67. The van der Waals surface area contributed by atoms with Gasteiger partial charge in [-0.15, -0.1) is 0 Å². The Labute approximate surface area is 158 Å². The Kier molecular flexibility index (Phi) is 5.24. The van der Waals surface area contributed by atoms with Crippen LogP contribution in [0.15, 0.2) is 24.5 Å². The number of anilines is 2. The van der Waals surface area contributed by atoms with Crippen molar-refractivity contribution in [3.8, 4) is 0 Å². The Bertz CT molecular complexity index is 794. The van der Waals surface area contributed by atoms with Crippen molar-refractivity contribution in [3.63, 3.8) is 0 Å². The summed E-state index contributed by atoms with van der Waals surface area (Å²) in [7, 11) is 0. The first-order chi connectivity index (χ1) is 13.2. The summed E-state index contributed by atoms with van der Waals surface area (Å²) < 4.78 is 5.40. The van der Waals surface area contributed by atoms with E-state index in [0.717, 1.165) is 37.9 Å². The molecule has 0 aromatic carbocycles. The smallest absolute Gasteiger partial charge is 0.228 e. The van der Waals surface area contributed by atoms with Gasteiger partial charge in [-0.05, 0) is 38.7 Å².